The van der Waals surface area contributed by atoms with Crippen molar-refractivity contribution in [1.29, 1.82) is 10.5 Å². The minimum Gasteiger partial charge on any atom is -0.366 e. The lowest BCUT2D eigenvalue weighted by Crippen LogP contribution is -2.52. The van der Waals surface area contributed by atoms with Gasteiger partial charge in [0, 0.05) is 26.3 Å². The Morgan fingerprint density at radius 3 is 2.30 bits per heavy atom. The first-order valence-corrected chi connectivity index (χ1v) is 13.1. The van der Waals surface area contributed by atoms with Crippen molar-refractivity contribution < 1.29 is 4.79 Å². The Morgan fingerprint density at radius 2 is 1.70 bits per heavy atom. The second kappa shape index (κ2) is 11.7. The molecule has 0 spiro atoms. The molecule has 0 bridgehead atoms. The molecule has 0 aliphatic carbocycles. The highest BCUT2D eigenvalue weighted by Gasteiger charge is 2.47. The van der Waals surface area contributed by atoms with Crippen molar-refractivity contribution in [2.24, 2.45) is 5.73 Å². The molecule has 7 nitrogen and oxygen atoms in total. The summed E-state index contributed by atoms with van der Waals surface area (Å²) in [7, 11) is 0. The Labute approximate surface area is 220 Å². The van der Waals surface area contributed by atoms with Crippen LogP contribution in [0.25, 0.3) is 0 Å². The molecule has 1 unspecified atom stereocenters. The lowest BCUT2D eigenvalue weighted by molar-refractivity contribution is -0.116. The highest BCUT2D eigenvalue weighted by molar-refractivity contribution is 5.97. The molecule has 37 heavy (non-hydrogen) atoms. The van der Waals surface area contributed by atoms with Gasteiger partial charge in [-0.3, -0.25) is 14.6 Å². The Kier molecular flexibility index (Phi) is 8.41. The van der Waals surface area contributed by atoms with Gasteiger partial charge < -0.3 is 11.1 Å². The SMILES string of the molecule is Cc1cc(C)cc(CC(C(C(N)=O)=C(C#N)C#N)(c2cccc(CN3CCCCC3)c2)N2CCNC2)c1. The number of allylic oxidation sites excluding steroid dienone is 1. The van der Waals surface area contributed by atoms with Crippen molar-refractivity contribution in [2.45, 2.75) is 51.6 Å². The molecule has 2 heterocycles. The molecular weight excluding hydrogens is 460 g/mol. The number of likely N-dealkylation sites (tertiary alicyclic amines) is 1. The zero-order chi connectivity index (χ0) is 26.4. The molecule has 2 saturated heterocycles. The van der Waals surface area contributed by atoms with Gasteiger partial charge in [-0.05, 0) is 62.9 Å². The van der Waals surface area contributed by atoms with E-state index in [4.69, 9.17) is 5.73 Å². The van der Waals surface area contributed by atoms with E-state index in [9.17, 15) is 15.3 Å². The Hall–Kier alpha value is -3.49. The van der Waals surface area contributed by atoms with E-state index < -0.39 is 11.4 Å². The van der Waals surface area contributed by atoms with Gasteiger partial charge in [0.05, 0.1) is 11.1 Å². The molecule has 2 aliphatic heterocycles. The largest absolute Gasteiger partial charge is 0.366 e. The van der Waals surface area contributed by atoms with Crippen LogP contribution in [0.4, 0.5) is 0 Å². The third kappa shape index (κ3) is 5.76. The fraction of sp³-hybridized carbons (Fsp3) is 0.433. The summed E-state index contributed by atoms with van der Waals surface area (Å²) in [5.74, 6) is -0.740. The quantitative estimate of drug-likeness (QED) is 0.428. The monoisotopic (exact) mass is 496 g/mol. The number of nitrogens with one attached hydrogen (secondary N) is 1. The molecule has 0 saturated carbocycles. The Balaban J connectivity index is 1.95. The van der Waals surface area contributed by atoms with Gasteiger partial charge in [0.25, 0.3) is 0 Å². The van der Waals surface area contributed by atoms with Gasteiger partial charge >= 0.3 is 0 Å². The van der Waals surface area contributed by atoms with E-state index in [0.29, 0.717) is 19.6 Å². The number of piperidine rings is 1. The van der Waals surface area contributed by atoms with Gasteiger partial charge in [0.2, 0.25) is 5.91 Å². The van der Waals surface area contributed by atoms with Gasteiger partial charge in [0.1, 0.15) is 17.7 Å². The average Bonchev–Trinajstić information content (AvgIpc) is 3.42. The number of nitrogens with two attached hydrogens (primary N) is 1. The van der Waals surface area contributed by atoms with Crippen LogP contribution in [0.1, 0.15) is 47.1 Å². The van der Waals surface area contributed by atoms with Gasteiger partial charge in [-0.1, -0.05) is 60.0 Å². The number of carbonyl (C=O) groups is 1. The van der Waals surface area contributed by atoms with Crippen LogP contribution >= 0.6 is 0 Å². The van der Waals surface area contributed by atoms with Crippen molar-refractivity contribution in [3.05, 3.63) is 81.4 Å². The molecule has 4 rings (SSSR count). The average molecular weight is 497 g/mol. The zero-order valence-electron chi connectivity index (χ0n) is 21.9. The smallest absolute Gasteiger partial charge is 0.248 e. The molecule has 2 fully saturated rings. The molecule has 2 aliphatic rings. The molecule has 192 valence electrons. The first-order chi connectivity index (χ1) is 17.9. The summed E-state index contributed by atoms with van der Waals surface area (Å²) in [5.41, 5.74) is 10.1. The number of hydrogen-bond acceptors (Lipinski definition) is 6. The first-order valence-electron chi connectivity index (χ1n) is 13.1. The van der Waals surface area contributed by atoms with E-state index in [1.165, 1.54) is 19.3 Å². The van der Waals surface area contributed by atoms with Crippen molar-refractivity contribution >= 4 is 5.91 Å². The maximum atomic E-state index is 13.2. The van der Waals surface area contributed by atoms with E-state index in [1.807, 2.05) is 24.3 Å². The van der Waals surface area contributed by atoms with Crippen molar-refractivity contribution in [3.8, 4) is 12.1 Å². The topological polar surface area (TPSA) is 109 Å². The molecule has 1 atom stereocenters. The zero-order valence-corrected chi connectivity index (χ0v) is 21.9. The third-order valence-electron chi connectivity index (χ3n) is 7.54. The van der Waals surface area contributed by atoms with E-state index in [2.05, 4.69) is 59.3 Å². The fourth-order valence-electron chi connectivity index (χ4n) is 6.06. The second-order valence-electron chi connectivity index (χ2n) is 10.3. The molecule has 2 aromatic rings. The summed E-state index contributed by atoms with van der Waals surface area (Å²) in [6, 6.07) is 18.6. The molecule has 0 radical (unpaired) electrons. The van der Waals surface area contributed by atoms with Gasteiger partial charge in [-0.25, -0.2) is 0 Å². The van der Waals surface area contributed by atoms with Gasteiger partial charge in [-0.2, -0.15) is 10.5 Å². The number of aryl methyl sites for hydroxylation is 2. The summed E-state index contributed by atoms with van der Waals surface area (Å²) in [4.78, 5) is 17.8. The predicted octanol–water partition coefficient (Wildman–Crippen LogP) is 3.42. The van der Waals surface area contributed by atoms with Crippen LogP contribution in [-0.4, -0.2) is 48.6 Å². The predicted molar refractivity (Wildman–Crippen MR) is 144 cm³/mol. The highest BCUT2D eigenvalue weighted by atomic mass is 16.1. The minimum absolute atomic E-state index is 0.0653. The van der Waals surface area contributed by atoms with Crippen molar-refractivity contribution in [2.75, 3.05) is 32.8 Å². The number of carbonyl (C=O) groups excluding carboxylic acids is 1. The fourth-order valence-corrected chi connectivity index (χ4v) is 6.06. The number of nitriles is 2. The normalized spacial score (nSPS) is 17.9. The molecule has 2 aromatic carbocycles. The van der Waals surface area contributed by atoms with Crippen LogP contribution in [-0.2, 0) is 23.3 Å². The molecule has 0 aromatic heterocycles. The molecule has 3 N–H and O–H groups in total. The lowest BCUT2D eigenvalue weighted by Gasteiger charge is -2.43. The van der Waals surface area contributed by atoms with E-state index in [-0.39, 0.29) is 11.1 Å². The molecule has 7 heteroatoms. The molecular formula is C30H36N6O. The summed E-state index contributed by atoms with van der Waals surface area (Å²) in [5, 5.41) is 23.3. The number of nitrogens with zero attached hydrogens (tertiary/aromatic N) is 4. The van der Waals surface area contributed by atoms with Crippen molar-refractivity contribution in [3.63, 3.8) is 0 Å². The summed E-state index contributed by atoms with van der Waals surface area (Å²) >= 11 is 0. The van der Waals surface area contributed by atoms with Crippen LogP contribution in [0.2, 0.25) is 0 Å². The third-order valence-corrected chi connectivity index (χ3v) is 7.54. The van der Waals surface area contributed by atoms with Gasteiger partial charge in [0.15, 0.2) is 0 Å². The number of amides is 1. The summed E-state index contributed by atoms with van der Waals surface area (Å²) < 4.78 is 0. The minimum atomic E-state index is -1.08. The van der Waals surface area contributed by atoms with Crippen LogP contribution < -0.4 is 11.1 Å². The maximum absolute atomic E-state index is 13.2. The van der Waals surface area contributed by atoms with Crippen LogP contribution in [0, 0.1) is 36.5 Å². The molecule has 1 amide bonds. The first kappa shape index (κ1) is 26.6. The number of primary amides is 1. The maximum Gasteiger partial charge on any atom is 0.248 e. The van der Waals surface area contributed by atoms with Gasteiger partial charge in [-0.15, -0.1) is 0 Å². The van der Waals surface area contributed by atoms with E-state index in [0.717, 1.165) is 54.0 Å². The van der Waals surface area contributed by atoms with E-state index >= 15 is 0 Å². The second-order valence-corrected chi connectivity index (χ2v) is 10.3. The number of benzene rings is 2. The number of hydrogen-bond donors (Lipinski definition) is 2. The summed E-state index contributed by atoms with van der Waals surface area (Å²) in [6.07, 6.45) is 4.10. The highest BCUT2D eigenvalue weighted by Crippen LogP contribution is 2.42. The van der Waals surface area contributed by atoms with Crippen molar-refractivity contribution in [1.82, 2.24) is 15.1 Å². The van der Waals surface area contributed by atoms with E-state index in [1.54, 1.807) is 0 Å². The number of rotatable bonds is 8. The summed E-state index contributed by atoms with van der Waals surface area (Å²) in [6.45, 7) is 8.99. The lowest BCUT2D eigenvalue weighted by atomic mass is 9.73. The Bertz CT molecular complexity index is 1220. The standard InChI is InChI=1S/C30H36N6O/c1-22-13-23(2)15-25(14-22)17-30(36-12-9-34-21-36,28(29(33)37)26(18-31)19-32)27-8-6-7-24(16-27)20-35-10-4-3-5-11-35/h6-8,13-16,34H,3-5,9-12,17,20-21H2,1-2H3,(H2,33,37). The van der Waals surface area contributed by atoms with Crippen LogP contribution in [0.5, 0.6) is 0 Å². The van der Waals surface area contributed by atoms with Crippen LogP contribution in [0.15, 0.2) is 53.6 Å². The van der Waals surface area contributed by atoms with Crippen LogP contribution in [0.3, 0.4) is 0 Å². The Morgan fingerprint density at radius 1 is 1.00 bits per heavy atom.